The van der Waals surface area contributed by atoms with Gasteiger partial charge in [-0.05, 0) is 49.2 Å². The molecule has 0 fully saturated rings. The fraction of sp³-hybridized carbons (Fsp3) is 0.300. The first-order chi connectivity index (χ1) is 12.3. The Morgan fingerprint density at radius 3 is 2.69 bits per heavy atom. The molecule has 3 rings (SSSR count). The SMILES string of the molecule is Cc1cc(C)c2sc(N(CC[NH+](C)C)C(=O)c3cccc(Cl)c3)nc2c1. The topological polar surface area (TPSA) is 37.6 Å². The number of aryl methyl sites for hydroxylation is 2. The van der Waals surface area contributed by atoms with Crippen molar-refractivity contribution in [2.24, 2.45) is 0 Å². The molecule has 1 N–H and O–H groups in total. The quantitative estimate of drug-likeness (QED) is 0.727. The molecule has 0 aliphatic rings. The molecule has 136 valence electrons. The van der Waals surface area contributed by atoms with E-state index in [1.807, 2.05) is 0 Å². The number of hydrogen-bond donors (Lipinski definition) is 1. The molecule has 4 nitrogen and oxygen atoms in total. The van der Waals surface area contributed by atoms with E-state index in [0.717, 1.165) is 21.9 Å². The van der Waals surface area contributed by atoms with Gasteiger partial charge in [0.05, 0.1) is 37.4 Å². The van der Waals surface area contributed by atoms with Gasteiger partial charge in [-0.1, -0.05) is 35.1 Å². The molecule has 0 saturated carbocycles. The average Bonchev–Trinajstić information content (AvgIpc) is 2.98. The van der Waals surface area contributed by atoms with E-state index in [2.05, 4.69) is 40.1 Å². The molecule has 0 radical (unpaired) electrons. The van der Waals surface area contributed by atoms with Crippen LogP contribution in [-0.2, 0) is 0 Å². The molecule has 0 aliphatic heterocycles. The number of thiazole rings is 1. The first kappa shape index (κ1) is 18.8. The molecule has 6 heteroatoms. The summed E-state index contributed by atoms with van der Waals surface area (Å²) in [5.74, 6) is -0.0674. The number of likely N-dealkylation sites (N-methyl/N-ethyl adjacent to an activating group) is 1. The van der Waals surface area contributed by atoms with Crippen molar-refractivity contribution in [1.29, 1.82) is 0 Å². The van der Waals surface area contributed by atoms with Crippen LogP contribution in [0.1, 0.15) is 21.5 Å². The highest BCUT2D eigenvalue weighted by molar-refractivity contribution is 7.22. The maximum Gasteiger partial charge on any atom is 0.260 e. The second-order valence-corrected chi connectivity index (χ2v) is 8.26. The highest BCUT2D eigenvalue weighted by Crippen LogP contribution is 2.32. The van der Waals surface area contributed by atoms with Crippen LogP contribution in [0.25, 0.3) is 10.2 Å². The number of nitrogens with one attached hydrogen (secondary N) is 1. The standard InChI is InChI=1S/C20H22ClN3OS/c1-13-10-14(2)18-17(11-13)22-20(26-18)24(9-8-23(3)4)19(25)15-6-5-7-16(21)12-15/h5-7,10-12H,8-9H2,1-4H3/p+1. The normalized spacial score (nSPS) is 11.3. The van der Waals surface area contributed by atoms with E-state index in [-0.39, 0.29) is 5.91 Å². The minimum absolute atomic E-state index is 0.0674. The lowest BCUT2D eigenvalue weighted by atomic mass is 10.1. The van der Waals surface area contributed by atoms with Crippen LogP contribution in [0.4, 0.5) is 5.13 Å². The lowest BCUT2D eigenvalue weighted by Gasteiger charge is -2.20. The molecule has 0 saturated heterocycles. The second-order valence-electron chi connectivity index (χ2n) is 6.85. The summed E-state index contributed by atoms with van der Waals surface area (Å²) in [5.41, 5.74) is 3.90. The van der Waals surface area contributed by atoms with Gasteiger partial charge in [0, 0.05) is 10.6 Å². The molecular formula is C20H23ClN3OS+. The zero-order valence-electron chi connectivity index (χ0n) is 15.5. The number of rotatable bonds is 5. The van der Waals surface area contributed by atoms with E-state index in [1.54, 1.807) is 40.5 Å². The van der Waals surface area contributed by atoms with E-state index in [4.69, 9.17) is 16.6 Å². The lowest BCUT2D eigenvalue weighted by molar-refractivity contribution is -0.856. The number of anilines is 1. The van der Waals surface area contributed by atoms with Crippen LogP contribution >= 0.6 is 22.9 Å². The number of amides is 1. The second kappa shape index (κ2) is 7.74. The number of benzene rings is 2. The Kier molecular flexibility index (Phi) is 5.61. The van der Waals surface area contributed by atoms with Crippen molar-refractivity contribution in [2.75, 3.05) is 32.1 Å². The smallest absolute Gasteiger partial charge is 0.260 e. The van der Waals surface area contributed by atoms with E-state index in [9.17, 15) is 4.79 Å². The molecule has 0 bridgehead atoms. The number of halogens is 1. The van der Waals surface area contributed by atoms with Crippen LogP contribution < -0.4 is 9.80 Å². The van der Waals surface area contributed by atoms with E-state index < -0.39 is 0 Å². The molecule has 0 unspecified atom stereocenters. The predicted molar refractivity (Wildman–Crippen MR) is 110 cm³/mol. The fourth-order valence-corrected chi connectivity index (χ4v) is 4.11. The summed E-state index contributed by atoms with van der Waals surface area (Å²) in [7, 11) is 4.15. The summed E-state index contributed by atoms with van der Waals surface area (Å²) in [6.45, 7) is 5.59. The minimum atomic E-state index is -0.0674. The van der Waals surface area contributed by atoms with Gasteiger partial charge in [0.15, 0.2) is 5.13 Å². The number of hydrogen-bond acceptors (Lipinski definition) is 3. The highest BCUT2D eigenvalue weighted by atomic mass is 35.5. The van der Waals surface area contributed by atoms with Crippen LogP contribution in [0.15, 0.2) is 36.4 Å². The lowest BCUT2D eigenvalue weighted by Crippen LogP contribution is -3.06. The molecule has 0 atom stereocenters. The summed E-state index contributed by atoms with van der Waals surface area (Å²) in [6, 6.07) is 11.3. The van der Waals surface area contributed by atoms with Gasteiger partial charge in [0.2, 0.25) is 0 Å². The molecule has 1 amide bonds. The third kappa shape index (κ3) is 4.06. The number of quaternary nitrogens is 1. The summed E-state index contributed by atoms with van der Waals surface area (Å²) in [4.78, 5) is 21.0. The Bertz CT molecular complexity index is 951. The van der Waals surface area contributed by atoms with Gasteiger partial charge >= 0.3 is 0 Å². The van der Waals surface area contributed by atoms with Crippen LogP contribution in [0.3, 0.4) is 0 Å². The van der Waals surface area contributed by atoms with Gasteiger partial charge in [-0.25, -0.2) is 4.98 Å². The van der Waals surface area contributed by atoms with Crippen LogP contribution in [0.5, 0.6) is 0 Å². The third-order valence-corrected chi connectivity index (χ3v) is 5.66. The van der Waals surface area contributed by atoms with Gasteiger partial charge in [-0.3, -0.25) is 9.69 Å². The third-order valence-electron chi connectivity index (χ3n) is 4.19. The Morgan fingerprint density at radius 2 is 2.00 bits per heavy atom. The van der Waals surface area contributed by atoms with Gasteiger partial charge in [0.25, 0.3) is 5.91 Å². The average molecular weight is 389 g/mol. The maximum absolute atomic E-state index is 13.2. The number of nitrogens with zero attached hydrogens (tertiary/aromatic N) is 2. The van der Waals surface area contributed by atoms with Gasteiger partial charge in [-0.15, -0.1) is 0 Å². The van der Waals surface area contributed by atoms with Gasteiger partial charge in [0.1, 0.15) is 0 Å². The highest BCUT2D eigenvalue weighted by Gasteiger charge is 2.22. The zero-order chi connectivity index (χ0) is 18.8. The van der Waals surface area contributed by atoms with E-state index in [1.165, 1.54) is 16.0 Å². The Morgan fingerprint density at radius 1 is 1.23 bits per heavy atom. The summed E-state index contributed by atoms with van der Waals surface area (Å²) < 4.78 is 1.13. The largest absolute Gasteiger partial charge is 0.338 e. The minimum Gasteiger partial charge on any atom is -0.338 e. The van der Waals surface area contributed by atoms with Crippen LogP contribution in [0, 0.1) is 13.8 Å². The fourth-order valence-electron chi connectivity index (χ4n) is 2.88. The number of fused-ring (bicyclic) bond motifs is 1. The van der Waals surface area contributed by atoms with Crippen molar-refractivity contribution in [1.82, 2.24) is 4.98 Å². The summed E-state index contributed by atoms with van der Waals surface area (Å²) in [6.07, 6.45) is 0. The zero-order valence-corrected chi connectivity index (χ0v) is 17.0. The van der Waals surface area contributed by atoms with Crippen molar-refractivity contribution < 1.29 is 9.69 Å². The van der Waals surface area contributed by atoms with Crippen LogP contribution in [-0.4, -0.2) is 38.1 Å². The number of carbonyl (C=O) groups excluding carboxylic acids is 1. The summed E-state index contributed by atoms with van der Waals surface area (Å²) in [5, 5.41) is 1.30. The van der Waals surface area contributed by atoms with Crippen molar-refractivity contribution in [2.45, 2.75) is 13.8 Å². The molecule has 2 aromatic carbocycles. The molecule has 0 aliphatic carbocycles. The van der Waals surface area contributed by atoms with Crippen LogP contribution in [0.2, 0.25) is 5.02 Å². The molecule has 26 heavy (non-hydrogen) atoms. The first-order valence-corrected chi connectivity index (χ1v) is 9.79. The monoisotopic (exact) mass is 388 g/mol. The number of aromatic nitrogens is 1. The molecular weight excluding hydrogens is 366 g/mol. The molecule has 1 heterocycles. The predicted octanol–water partition coefficient (Wildman–Crippen LogP) is 3.36. The maximum atomic E-state index is 13.2. The Labute approximate surface area is 163 Å². The number of carbonyl (C=O) groups is 1. The van der Waals surface area contributed by atoms with Gasteiger partial charge in [-0.2, -0.15) is 0 Å². The van der Waals surface area contributed by atoms with Crippen molar-refractivity contribution in [3.05, 3.63) is 58.1 Å². The molecule has 0 spiro atoms. The van der Waals surface area contributed by atoms with Crippen molar-refractivity contribution >= 4 is 44.2 Å². The van der Waals surface area contributed by atoms with Crippen molar-refractivity contribution in [3.8, 4) is 0 Å². The van der Waals surface area contributed by atoms with Gasteiger partial charge < -0.3 is 4.90 Å². The first-order valence-electron chi connectivity index (χ1n) is 8.59. The van der Waals surface area contributed by atoms with Crippen molar-refractivity contribution in [3.63, 3.8) is 0 Å². The molecule has 3 aromatic rings. The Hall–Kier alpha value is -1.95. The molecule has 1 aromatic heterocycles. The summed E-state index contributed by atoms with van der Waals surface area (Å²) >= 11 is 7.65. The Balaban J connectivity index is 2.03. The van der Waals surface area contributed by atoms with E-state index >= 15 is 0 Å². The van der Waals surface area contributed by atoms with E-state index in [0.29, 0.717) is 17.1 Å².